The molecule has 0 spiro atoms. The number of nitrogens with two attached hydrogens (primary N) is 1. The van der Waals surface area contributed by atoms with Crippen LogP contribution in [0.5, 0.6) is 0 Å². The van der Waals surface area contributed by atoms with Crippen LogP contribution in [0.2, 0.25) is 0 Å². The summed E-state index contributed by atoms with van der Waals surface area (Å²) in [6.07, 6.45) is 7.78. The van der Waals surface area contributed by atoms with Crippen molar-refractivity contribution in [2.24, 2.45) is 22.6 Å². The van der Waals surface area contributed by atoms with Crippen molar-refractivity contribution in [3.05, 3.63) is 0 Å². The molecule has 2 aliphatic heterocycles. The highest BCUT2D eigenvalue weighted by Crippen LogP contribution is 2.18. The van der Waals surface area contributed by atoms with E-state index < -0.39 is 0 Å². The van der Waals surface area contributed by atoms with Gasteiger partial charge in [0.1, 0.15) is 0 Å². The van der Waals surface area contributed by atoms with Gasteiger partial charge in [-0.15, -0.1) is 24.0 Å². The molecule has 22 heavy (non-hydrogen) atoms. The topological polar surface area (TPSA) is 44.9 Å². The van der Waals surface area contributed by atoms with Gasteiger partial charge in [-0.25, -0.2) is 0 Å². The molecule has 2 aliphatic rings. The molecule has 0 saturated carbocycles. The van der Waals surface area contributed by atoms with E-state index in [1.807, 2.05) is 0 Å². The van der Waals surface area contributed by atoms with Crippen LogP contribution in [-0.4, -0.2) is 55.0 Å². The molecule has 0 amide bonds. The number of guanidine groups is 1. The molecule has 0 aromatic carbocycles. The number of aliphatic imine (C=N–C) groups is 1. The van der Waals surface area contributed by atoms with Crippen molar-refractivity contribution in [3.63, 3.8) is 0 Å². The summed E-state index contributed by atoms with van der Waals surface area (Å²) in [5.74, 6) is 2.34. The van der Waals surface area contributed by atoms with Crippen LogP contribution in [0.25, 0.3) is 0 Å². The highest BCUT2D eigenvalue weighted by atomic mass is 127. The van der Waals surface area contributed by atoms with Crippen molar-refractivity contribution < 1.29 is 0 Å². The second-order valence-corrected chi connectivity index (χ2v) is 7.21. The largest absolute Gasteiger partial charge is 0.370 e. The third-order valence-corrected chi connectivity index (χ3v) is 4.92. The molecule has 130 valence electrons. The van der Waals surface area contributed by atoms with Crippen LogP contribution in [-0.2, 0) is 0 Å². The van der Waals surface area contributed by atoms with Crippen LogP contribution in [0.15, 0.2) is 4.99 Å². The van der Waals surface area contributed by atoms with Crippen LogP contribution < -0.4 is 5.73 Å². The lowest BCUT2D eigenvalue weighted by Crippen LogP contribution is -2.41. The molecule has 0 aromatic rings. The minimum Gasteiger partial charge on any atom is -0.370 e. The SMILES string of the molecule is CC(C)CCN1CCC(CN=C(N)N2CCCCC2)CC1.I. The molecule has 2 heterocycles. The number of hydrogen-bond acceptors (Lipinski definition) is 2. The fraction of sp³-hybridized carbons (Fsp3) is 0.941. The molecule has 4 nitrogen and oxygen atoms in total. The first-order chi connectivity index (χ1) is 10.1. The number of likely N-dealkylation sites (tertiary alicyclic amines) is 2. The van der Waals surface area contributed by atoms with Crippen molar-refractivity contribution in [1.29, 1.82) is 0 Å². The number of halogens is 1. The number of piperidine rings is 2. The molecular weight excluding hydrogens is 387 g/mol. The van der Waals surface area contributed by atoms with Gasteiger partial charge >= 0.3 is 0 Å². The molecule has 0 aliphatic carbocycles. The molecule has 0 aromatic heterocycles. The van der Waals surface area contributed by atoms with Gasteiger partial charge in [0.2, 0.25) is 0 Å². The van der Waals surface area contributed by atoms with Crippen LogP contribution in [0.3, 0.4) is 0 Å². The first kappa shape index (κ1) is 20.0. The van der Waals surface area contributed by atoms with Gasteiger partial charge in [-0.1, -0.05) is 13.8 Å². The Kier molecular flexibility index (Phi) is 9.71. The molecule has 0 atom stereocenters. The van der Waals surface area contributed by atoms with Crippen molar-refractivity contribution in [1.82, 2.24) is 9.80 Å². The summed E-state index contributed by atoms with van der Waals surface area (Å²) in [5, 5.41) is 0. The van der Waals surface area contributed by atoms with Gasteiger partial charge in [0.05, 0.1) is 0 Å². The van der Waals surface area contributed by atoms with Gasteiger partial charge in [-0.3, -0.25) is 4.99 Å². The quantitative estimate of drug-likeness (QED) is 0.421. The average molecular weight is 422 g/mol. The first-order valence-electron chi connectivity index (χ1n) is 8.92. The Bertz CT molecular complexity index is 319. The molecule has 0 radical (unpaired) electrons. The molecule has 2 N–H and O–H groups in total. The predicted molar refractivity (Wildman–Crippen MR) is 106 cm³/mol. The standard InChI is InChI=1S/C17H34N4.HI/c1-15(2)6-11-20-12-7-16(8-13-20)14-19-17(18)21-9-4-3-5-10-21;/h15-16H,3-14H2,1-2H3,(H2,18,19);1H. The zero-order valence-electron chi connectivity index (χ0n) is 14.5. The zero-order chi connectivity index (χ0) is 15.1. The van der Waals surface area contributed by atoms with E-state index >= 15 is 0 Å². The van der Waals surface area contributed by atoms with Crippen LogP contribution >= 0.6 is 24.0 Å². The van der Waals surface area contributed by atoms with E-state index in [1.54, 1.807) is 0 Å². The van der Waals surface area contributed by atoms with Crippen LogP contribution in [0, 0.1) is 11.8 Å². The monoisotopic (exact) mass is 422 g/mol. The molecule has 0 bridgehead atoms. The Morgan fingerprint density at radius 1 is 1.09 bits per heavy atom. The van der Waals surface area contributed by atoms with Crippen molar-refractivity contribution in [2.45, 2.75) is 52.4 Å². The summed E-state index contributed by atoms with van der Waals surface area (Å²) in [7, 11) is 0. The van der Waals surface area contributed by atoms with Crippen LogP contribution in [0.4, 0.5) is 0 Å². The lowest BCUT2D eigenvalue weighted by molar-refractivity contribution is 0.179. The third-order valence-electron chi connectivity index (χ3n) is 4.92. The first-order valence-corrected chi connectivity index (χ1v) is 8.92. The highest BCUT2D eigenvalue weighted by molar-refractivity contribution is 14.0. The summed E-state index contributed by atoms with van der Waals surface area (Å²) < 4.78 is 0. The lowest BCUT2D eigenvalue weighted by Gasteiger charge is -2.32. The second-order valence-electron chi connectivity index (χ2n) is 7.21. The highest BCUT2D eigenvalue weighted by Gasteiger charge is 2.19. The number of nitrogens with zero attached hydrogens (tertiary/aromatic N) is 3. The Balaban J connectivity index is 0.00000242. The van der Waals surface area contributed by atoms with Crippen LogP contribution in [0.1, 0.15) is 52.4 Å². The molecule has 0 unspecified atom stereocenters. The maximum atomic E-state index is 6.14. The van der Waals surface area contributed by atoms with Gasteiger partial charge in [0, 0.05) is 19.6 Å². The fourth-order valence-corrected chi connectivity index (χ4v) is 3.28. The third kappa shape index (κ3) is 7.02. The van der Waals surface area contributed by atoms with E-state index in [2.05, 4.69) is 28.6 Å². The van der Waals surface area contributed by atoms with E-state index in [0.717, 1.165) is 37.4 Å². The van der Waals surface area contributed by atoms with Crippen molar-refractivity contribution >= 4 is 29.9 Å². The van der Waals surface area contributed by atoms with Gasteiger partial charge in [0.25, 0.3) is 0 Å². The van der Waals surface area contributed by atoms with E-state index in [9.17, 15) is 0 Å². The molecule has 5 heteroatoms. The predicted octanol–water partition coefficient (Wildman–Crippen LogP) is 3.16. The van der Waals surface area contributed by atoms with E-state index in [-0.39, 0.29) is 24.0 Å². The molecular formula is C17H35IN4. The Morgan fingerprint density at radius 2 is 1.73 bits per heavy atom. The molecule has 2 saturated heterocycles. The minimum absolute atomic E-state index is 0. The maximum Gasteiger partial charge on any atom is 0.191 e. The van der Waals surface area contributed by atoms with Crippen molar-refractivity contribution in [3.8, 4) is 0 Å². The Morgan fingerprint density at radius 3 is 2.32 bits per heavy atom. The fourth-order valence-electron chi connectivity index (χ4n) is 3.28. The summed E-state index contributed by atoms with van der Waals surface area (Å²) >= 11 is 0. The van der Waals surface area contributed by atoms with E-state index in [1.165, 1.54) is 58.2 Å². The summed E-state index contributed by atoms with van der Waals surface area (Å²) in [5.41, 5.74) is 6.14. The molecule has 2 rings (SSSR count). The summed E-state index contributed by atoms with van der Waals surface area (Å²) in [6.45, 7) is 11.5. The van der Waals surface area contributed by atoms with E-state index in [0.29, 0.717) is 0 Å². The lowest BCUT2D eigenvalue weighted by atomic mass is 9.96. The average Bonchev–Trinajstić information content (AvgIpc) is 2.52. The molecule has 2 fully saturated rings. The van der Waals surface area contributed by atoms with Gasteiger partial charge < -0.3 is 15.5 Å². The van der Waals surface area contributed by atoms with Gasteiger partial charge in [-0.2, -0.15) is 0 Å². The smallest absolute Gasteiger partial charge is 0.191 e. The number of rotatable bonds is 5. The minimum atomic E-state index is 0. The van der Waals surface area contributed by atoms with Crippen molar-refractivity contribution in [2.75, 3.05) is 39.3 Å². The number of hydrogen-bond donors (Lipinski definition) is 1. The van der Waals surface area contributed by atoms with E-state index in [4.69, 9.17) is 5.73 Å². The van der Waals surface area contributed by atoms with Gasteiger partial charge in [0.15, 0.2) is 5.96 Å². The van der Waals surface area contributed by atoms with Gasteiger partial charge in [-0.05, 0) is 70.0 Å². The zero-order valence-corrected chi connectivity index (χ0v) is 16.8. The maximum absolute atomic E-state index is 6.14. The Labute approximate surface area is 153 Å². The summed E-state index contributed by atoms with van der Waals surface area (Å²) in [6, 6.07) is 0. The normalized spacial score (nSPS) is 22.0. The second kappa shape index (κ2) is 10.7. The summed E-state index contributed by atoms with van der Waals surface area (Å²) in [4.78, 5) is 9.56. The Hall–Kier alpha value is -0.0400.